The van der Waals surface area contributed by atoms with Crippen molar-refractivity contribution in [3.63, 3.8) is 0 Å². The normalized spacial score (nSPS) is 22.9. The topological polar surface area (TPSA) is 29.1 Å². The molecule has 0 radical (unpaired) electrons. The minimum Gasteiger partial charge on any atom is -0.325 e. The van der Waals surface area contributed by atoms with Crippen LogP contribution in [0.2, 0.25) is 5.02 Å². The van der Waals surface area contributed by atoms with Gasteiger partial charge in [0.1, 0.15) is 0 Å². The molecule has 112 valence electrons. The highest BCUT2D eigenvalue weighted by Crippen LogP contribution is 2.55. The van der Waals surface area contributed by atoms with Crippen molar-refractivity contribution in [2.24, 2.45) is 5.92 Å². The number of hydrogen-bond donors (Lipinski definition) is 1. The zero-order chi connectivity index (χ0) is 15.7. The highest BCUT2D eigenvalue weighted by molar-refractivity contribution is 6.30. The first-order valence-electron chi connectivity index (χ1n) is 7.33. The van der Waals surface area contributed by atoms with Gasteiger partial charge in [-0.15, -0.1) is 6.58 Å². The third kappa shape index (κ3) is 2.55. The average molecular weight is 312 g/mol. The Labute approximate surface area is 135 Å². The summed E-state index contributed by atoms with van der Waals surface area (Å²) in [6.07, 6.45) is 2.65. The summed E-state index contributed by atoms with van der Waals surface area (Å²) in [4.78, 5) is 12.8. The molecule has 1 saturated carbocycles. The van der Waals surface area contributed by atoms with E-state index in [-0.39, 0.29) is 11.8 Å². The molecule has 1 aliphatic carbocycles. The largest absolute Gasteiger partial charge is 0.325 e. The third-order valence-corrected chi connectivity index (χ3v) is 4.63. The lowest BCUT2D eigenvalue weighted by molar-refractivity contribution is -0.118. The zero-order valence-corrected chi connectivity index (χ0v) is 13.2. The van der Waals surface area contributed by atoms with E-state index in [1.54, 1.807) is 0 Å². The van der Waals surface area contributed by atoms with Gasteiger partial charge in [-0.25, -0.2) is 0 Å². The van der Waals surface area contributed by atoms with Crippen LogP contribution in [0.1, 0.15) is 17.5 Å². The van der Waals surface area contributed by atoms with Crippen molar-refractivity contribution in [3.05, 3.63) is 77.3 Å². The molecule has 2 nitrogen and oxygen atoms in total. The van der Waals surface area contributed by atoms with Gasteiger partial charge >= 0.3 is 0 Å². The summed E-state index contributed by atoms with van der Waals surface area (Å²) < 4.78 is 0. The number of anilines is 1. The van der Waals surface area contributed by atoms with Crippen molar-refractivity contribution in [1.29, 1.82) is 0 Å². The molecule has 2 unspecified atom stereocenters. The molecule has 22 heavy (non-hydrogen) atoms. The lowest BCUT2D eigenvalue weighted by Gasteiger charge is -2.17. The summed E-state index contributed by atoms with van der Waals surface area (Å²) in [5.74, 6) is 0.183. The Hall–Kier alpha value is -2.06. The second-order valence-electron chi connectivity index (χ2n) is 5.84. The molecule has 2 aromatic rings. The van der Waals surface area contributed by atoms with Crippen LogP contribution in [0.15, 0.2) is 61.2 Å². The Kier molecular flexibility index (Phi) is 3.79. The molecule has 1 fully saturated rings. The SMILES string of the molecule is C=CC1CC1(C(=O)Nc1ccc(C)cc1)c1ccc(Cl)cc1. The van der Waals surface area contributed by atoms with E-state index in [4.69, 9.17) is 11.6 Å². The van der Waals surface area contributed by atoms with Crippen molar-refractivity contribution in [1.82, 2.24) is 0 Å². The summed E-state index contributed by atoms with van der Waals surface area (Å²) in [5.41, 5.74) is 2.46. The number of amides is 1. The maximum absolute atomic E-state index is 12.8. The van der Waals surface area contributed by atoms with E-state index < -0.39 is 5.41 Å². The van der Waals surface area contributed by atoms with Crippen molar-refractivity contribution in [2.75, 3.05) is 5.32 Å². The van der Waals surface area contributed by atoms with Crippen molar-refractivity contribution >= 4 is 23.2 Å². The molecule has 1 aliphatic rings. The van der Waals surface area contributed by atoms with Gasteiger partial charge in [-0.3, -0.25) is 4.79 Å². The van der Waals surface area contributed by atoms with E-state index >= 15 is 0 Å². The molecule has 1 amide bonds. The van der Waals surface area contributed by atoms with Crippen molar-refractivity contribution < 1.29 is 4.79 Å². The maximum atomic E-state index is 12.8. The van der Waals surface area contributed by atoms with Crippen molar-refractivity contribution in [3.8, 4) is 0 Å². The van der Waals surface area contributed by atoms with E-state index in [2.05, 4.69) is 11.9 Å². The van der Waals surface area contributed by atoms with Crippen LogP contribution in [0, 0.1) is 12.8 Å². The summed E-state index contributed by atoms with van der Waals surface area (Å²) in [5, 5.41) is 3.70. The molecule has 0 aromatic heterocycles. The number of allylic oxidation sites excluding steroid dienone is 1. The highest BCUT2D eigenvalue weighted by atomic mass is 35.5. The van der Waals surface area contributed by atoms with Gasteiger partial charge < -0.3 is 5.32 Å². The van der Waals surface area contributed by atoms with Crippen LogP contribution < -0.4 is 5.32 Å². The number of aryl methyl sites for hydroxylation is 1. The number of carbonyl (C=O) groups is 1. The van der Waals surface area contributed by atoms with Gasteiger partial charge in [0.25, 0.3) is 0 Å². The van der Waals surface area contributed by atoms with E-state index in [9.17, 15) is 4.79 Å². The minimum absolute atomic E-state index is 0.0172. The number of rotatable bonds is 4. The minimum atomic E-state index is -0.517. The first-order chi connectivity index (χ1) is 10.6. The Morgan fingerprint density at radius 2 is 1.86 bits per heavy atom. The van der Waals surface area contributed by atoms with Crippen LogP contribution in [-0.4, -0.2) is 5.91 Å². The third-order valence-electron chi connectivity index (χ3n) is 4.37. The van der Waals surface area contributed by atoms with E-state index in [0.717, 1.165) is 17.7 Å². The van der Waals surface area contributed by atoms with Crippen LogP contribution >= 0.6 is 11.6 Å². The fourth-order valence-corrected chi connectivity index (χ4v) is 3.05. The van der Waals surface area contributed by atoms with Gasteiger partial charge in [-0.1, -0.05) is 47.5 Å². The second kappa shape index (κ2) is 5.62. The molecule has 3 rings (SSSR count). The zero-order valence-electron chi connectivity index (χ0n) is 12.5. The van der Waals surface area contributed by atoms with E-state index in [0.29, 0.717) is 5.02 Å². The molecular weight excluding hydrogens is 294 g/mol. The summed E-state index contributed by atoms with van der Waals surface area (Å²) in [6, 6.07) is 15.3. The van der Waals surface area contributed by atoms with Crippen LogP contribution in [0.5, 0.6) is 0 Å². The fraction of sp³-hybridized carbons (Fsp3) is 0.211. The van der Waals surface area contributed by atoms with Crippen LogP contribution in [-0.2, 0) is 10.2 Å². The van der Waals surface area contributed by atoms with E-state index in [1.165, 1.54) is 5.56 Å². The Bertz CT molecular complexity index is 705. The van der Waals surface area contributed by atoms with Gasteiger partial charge in [0.15, 0.2) is 0 Å². The molecule has 3 heteroatoms. The lowest BCUT2D eigenvalue weighted by Crippen LogP contribution is -2.29. The number of nitrogens with one attached hydrogen (secondary N) is 1. The van der Waals surface area contributed by atoms with Gasteiger partial charge in [-0.05, 0) is 49.1 Å². The van der Waals surface area contributed by atoms with E-state index in [1.807, 2.05) is 61.5 Å². The smallest absolute Gasteiger partial charge is 0.235 e. The fourth-order valence-electron chi connectivity index (χ4n) is 2.92. The van der Waals surface area contributed by atoms with Gasteiger partial charge in [0.2, 0.25) is 5.91 Å². The number of benzene rings is 2. The first-order valence-corrected chi connectivity index (χ1v) is 7.71. The second-order valence-corrected chi connectivity index (χ2v) is 6.28. The molecule has 2 atom stereocenters. The van der Waals surface area contributed by atoms with Gasteiger partial charge in [-0.2, -0.15) is 0 Å². The first kappa shape index (κ1) is 14.9. The summed E-state index contributed by atoms with van der Waals surface area (Å²) >= 11 is 5.96. The lowest BCUT2D eigenvalue weighted by atomic mass is 9.92. The molecule has 0 bridgehead atoms. The quantitative estimate of drug-likeness (QED) is 0.812. The average Bonchev–Trinajstić information content (AvgIpc) is 3.26. The predicted octanol–water partition coefficient (Wildman–Crippen LogP) is 4.73. The molecule has 1 N–H and O–H groups in total. The summed E-state index contributed by atoms with van der Waals surface area (Å²) in [6.45, 7) is 5.88. The van der Waals surface area contributed by atoms with Crippen LogP contribution in [0.25, 0.3) is 0 Å². The molecule has 2 aromatic carbocycles. The standard InChI is InChI=1S/C19H18ClNO/c1-3-14-12-19(14,15-6-8-16(20)9-7-15)18(22)21-17-10-4-13(2)5-11-17/h3-11,14H,1,12H2,2H3,(H,21,22). The monoisotopic (exact) mass is 311 g/mol. The predicted molar refractivity (Wildman–Crippen MR) is 91.2 cm³/mol. The highest BCUT2D eigenvalue weighted by Gasteiger charge is 2.59. The van der Waals surface area contributed by atoms with Crippen LogP contribution in [0.3, 0.4) is 0 Å². The number of carbonyl (C=O) groups excluding carboxylic acids is 1. The number of hydrogen-bond acceptors (Lipinski definition) is 1. The molecule has 0 saturated heterocycles. The molecular formula is C19H18ClNO. The molecule has 0 heterocycles. The Balaban J connectivity index is 1.88. The van der Waals surface area contributed by atoms with Crippen molar-refractivity contribution in [2.45, 2.75) is 18.8 Å². The van der Waals surface area contributed by atoms with Crippen LogP contribution in [0.4, 0.5) is 5.69 Å². The van der Waals surface area contributed by atoms with Gasteiger partial charge in [0, 0.05) is 10.7 Å². The van der Waals surface area contributed by atoms with Gasteiger partial charge in [0.05, 0.1) is 5.41 Å². The number of halogens is 1. The molecule has 0 spiro atoms. The Morgan fingerprint density at radius 3 is 2.41 bits per heavy atom. The summed E-state index contributed by atoms with van der Waals surface area (Å²) in [7, 11) is 0. The maximum Gasteiger partial charge on any atom is 0.235 e. The Morgan fingerprint density at radius 1 is 1.23 bits per heavy atom. The molecule has 0 aliphatic heterocycles.